The van der Waals surface area contributed by atoms with E-state index in [9.17, 15) is 8.42 Å². The highest BCUT2D eigenvalue weighted by molar-refractivity contribution is 7.88. The van der Waals surface area contributed by atoms with Crippen molar-refractivity contribution in [1.29, 1.82) is 0 Å². The van der Waals surface area contributed by atoms with Gasteiger partial charge in [0.1, 0.15) is 0 Å². The Kier molecular flexibility index (Phi) is 5.18. The Morgan fingerprint density at radius 3 is 2.55 bits per heavy atom. The summed E-state index contributed by atoms with van der Waals surface area (Å²) in [4.78, 5) is 0. The molecular formula is C15H24N2O2S. The topological polar surface area (TPSA) is 72.2 Å². The third-order valence-corrected chi connectivity index (χ3v) is 5.59. The highest BCUT2D eigenvalue weighted by atomic mass is 32.2. The minimum atomic E-state index is -3.28. The molecule has 0 saturated heterocycles. The van der Waals surface area contributed by atoms with E-state index < -0.39 is 10.0 Å². The number of nitrogens with two attached hydrogens (primary N) is 1. The molecular weight excluding hydrogens is 272 g/mol. The maximum Gasteiger partial charge on any atom is 0.215 e. The van der Waals surface area contributed by atoms with Crippen molar-refractivity contribution in [3.8, 4) is 0 Å². The Labute approximate surface area is 121 Å². The molecule has 0 radical (unpaired) electrons. The zero-order valence-electron chi connectivity index (χ0n) is 12.0. The molecule has 0 aromatic heterocycles. The molecule has 2 rings (SSSR count). The first kappa shape index (κ1) is 15.5. The summed E-state index contributed by atoms with van der Waals surface area (Å²) in [6, 6.07) is 7.44. The van der Waals surface area contributed by atoms with Crippen molar-refractivity contribution in [2.24, 2.45) is 17.6 Å². The fourth-order valence-electron chi connectivity index (χ4n) is 2.91. The van der Waals surface area contributed by atoms with E-state index in [0.29, 0.717) is 24.9 Å². The Morgan fingerprint density at radius 2 is 1.95 bits per heavy atom. The largest absolute Gasteiger partial charge is 0.326 e. The van der Waals surface area contributed by atoms with E-state index in [-0.39, 0.29) is 5.75 Å². The van der Waals surface area contributed by atoms with Crippen molar-refractivity contribution in [1.82, 2.24) is 4.72 Å². The van der Waals surface area contributed by atoms with Gasteiger partial charge in [0.05, 0.1) is 5.75 Å². The molecule has 4 nitrogen and oxygen atoms in total. The summed E-state index contributed by atoms with van der Waals surface area (Å²) in [6.45, 7) is 3.13. The van der Waals surface area contributed by atoms with Crippen molar-refractivity contribution in [2.75, 3.05) is 6.54 Å². The van der Waals surface area contributed by atoms with Crippen LogP contribution in [0.4, 0.5) is 0 Å². The van der Waals surface area contributed by atoms with Crippen molar-refractivity contribution in [2.45, 2.75) is 38.5 Å². The summed E-state index contributed by atoms with van der Waals surface area (Å²) in [5, 5.41) is 0. The highest BCUT2D eigenvalue weighted by Gasteiger charge is 2.25. The Bertz CT molecular complexity index is 543. The molecule has 0 heterocycles. The summed E-state index contributed by atoms with van der Waals surface area (Å²) in [7, 11) is -3.28. The van der Waals surface area contributed by atoms with Gasteiger partial charge in [-0.25, -0.2) is 13.1 Å². The summed E-state index contributed by atoms with van der Waals surface area (Å²) >= 11 is 0. The molecule has 1 aliphatic rings. The first-order chi connectivity index (χ1) is 9.52. The molecule has 5 heteroatoms. The smallest absolute Gasteiger partial charge is 0.215 e. The van der Waals surface area contributed by atoms with E-state index in [1.807, 2.05) is 24.3 Å². The van der Waals surface area contributed by atoms with E-state index in [4.69, 9.17) is 5.73 Å². The second-order valence-electron chi connectivity index (χ2n) is 5.75. The van der Waals surface area contributed by atoms with Crippen LogP contribution >= 0.6 is 0 Å². The van der Waals surface area contributed by atoms with Crippen LogP contribution in [0.5, 0.6) is 0 Å². The highest BCUT2D eigenvalue weighted by Crippen LogP contribution is 2.30. The maximum absolute atomic E-state index is 12.2. The Hall–Kier alpha value is -0.910. The molecule has 0 aliphatic heterocycles. The molecule has 2 unspecified atom stereocenters. The molecule has 20 heavy (non-hydrogen) atoms. The van der Waals surface area contributed by atoms with E-state index in [2.05, 4.69) is 11.6 Å². The van der Waals surface area contributed by atoms with Gasteiger partial charge < -0.3 is 5.73 Å². The molecule has 3 N–H and O–H groups in total. The van der Waals surface area contributed by atoms with Crippen LogP contribution in [0.3, 0.4) is 0 Å². The second-order valence-corrected chi connectivity index (χ2v) is 7.56. The SMILES string of the molecule is CC1CCCC1CNS(=O)(=O)Cc1ccccc1CN. The average molecular weight is 296 g/mol. The second kappa shape index (κ2) is 6.70. The van der Waals surface area contributed by atoms with Crippen LogP contribution in [0.15, 0.2) is 24.3 Å². The predicted octanol–water partition coefficient (Wildman–Crippen LogP) is 2.00. The first-order valence-corrected chi connectivity index (χ1v) is 8.91. The lowest BCUT2D eigenvalue weighted by Gasteiger charge is -2.16. The van der Waals surface area contributed by atoms with Gasteiger partial charge in [0.25, 0.3) is 0 Å². The van der Waals surface area contributed by atoms with Gasteiger partial charge in [0, 0.05) is 13.1 Å². The number of hydrogen-bond donors (Lipinski definition) is 2. The zero-order chi connectivity index (χ0) is 14.6. The van der Waals surface area contributed by atoms with Crippen molar-refractivity contribution in [3.63, 3.8) is 0 Å². The molecule has 0 spiro atoms. The molecule has 1 aliphatic carbocycles. The lowest BCUT2D eigenvalue weighted by Crippen LogP contribution is -2.31. The number of sulfonamides is 1. The van der Waals surface area contributed by atoms with Crippen LogP contribution < -0.4 is 10.5 Å². The summed E-state index contributed by atoms with van der Waals surface area (Å²) < 4.78 is 27.1. The number of rotatable bonds is 6. The first-order valence-electron chi connectivity index (χ1n) is 7.26. The van der Waals surface area contributed by atoms with Crippen molar-refractivity contribution >= 4 is 10.0 Å². The average Bonchev–Trinajstić information content (AvgIpc) is 2.82. The quantitative estimate of drug-likeness (QED) is 0.843. The fourth-order valence-corrected chi connectivity index (χ4v) is 4.17. The van der Waals surface area contributed by atoms with Gasteiger partial charge in [-0.2, -0.15) is 0 Å². The molecule has 1 saturated carbocycles. The van der Waals surface area contributed by atoms with Gasteiger partial charge in [-0.15, -0.1) is 0 Å². The van der Waals surface area contributed by atoms with Crippen LogP contribution in [0.1, 0.15) is 37.3 Å². The minimum absolute atomic E-state index is 0.0154. The number of hydrogen-bond acceptors (Lipinski definition) is 3. The molecule has 0 bridgehead atoms. The van der Waals surface area contributed by atoms with Crippen LogP contribution in [0, 0.1) is 11.8 Å². The lowest BCUT2D eigenvalue weighted by atomic mass is 9.99. The van der Waals surface area contributed by atoms with Crippen LogP contribution in [0.25, 0.3) is 0 Å². The molecule has 1 aromatic carbocycles. The van der Waals surface area contributed by atoms with Crippen LogP contribution in [-0.2, 0) is 22.3 Å². The van der Waals surface area contributed by atoms with E-state index in [0.717, 1.165) is 17.5 Å². The predicted molar refractivity (Wildman–Crippen MR) is 81.5 cm³/mol. The van der Waals surface area contributed by atoms with Gasteiger partial charge in [-0.1, -0.05) is 44.0 Å². The molecule has 2 atom stereocenters. The summed E-state index contributed by atoms with van der Waals surface area (Å²) in [6.07, 6.45) is 3.55. The van der Waals surface area contributed by atoms with E-state index in [1.165, 1.54) is 12.8 Å². The number of benzene rings is 1. The van der Waals surface area contributed by atoms with Crippen LogP contribution in [0.2, 0.25) is 0 Å². The van der Waals surface area contributed by atoms with Crippen LogP contribution in [-0.4, -0.2) is 15.0 Å². The number of nitrogens with one attached hydrogen (secondary N) is 1. The normalized spacial score (nSPS) is 23.1. The van der Waals surface area contributed by atoms with Crippen molar-refractivity contribution < 1.29 is 8.42 Å². The van der Waals surface area contributed by atoms with Gasteiger partial charge in [-0.3, -0.25) is 0 Å². The third kappa shape index (κ3) is 4.04. The molecule has 112 valence electrons. The Morgan fingerprint density at radius 1 is 1.25 bits per heavy atom. The molecule has 1 aromatic rings. The standard InChI is InChI=1S/C15H24N2O2S/c1-12-5-4-8-14(12)10-17-20(18,19)11-15-7-3-2-6-13(15)9-16/h2-3,6-7,12,14,17H,4-5,8-11,16H2,1H3. The van der Waals surface area contributed by atoms with Gasteiger partial charge in [0.15, 0.2) is 0 Å². The Balaban J connectivity index is 1.96. The zero-order valence-corrected chi connectivity index (χ0v) is 12.8. The van der Waals surface area contributed by atoms with Gasteiger partial charge in [-0.05, 0) is 29.4 Å². The monoisotopic (exact) mass is 296 g/mol. The minimum Gasteiger partial charge on any atom is -0.326 e. The summed E-state index contributed by atoms with van der Waals surface area (Å²) in [5.74, 6) is 1.12. The fraction of sp³-hybridized carbons (Fsp3) is 0.600. The van der Waals surface area contributed by atoms with E-state index >= 15 is 0 Å². The molecule has 0 amide bonds. The van der Waals surface area contributed by atoms with Gasteiger partial charge in [0.2, 0.25) is 10.0 Å². The lowest BCUT2D eigenvalue weighted by molar-refractivity contribution is 0.414. The van der Waals surface area contributed by atoms with E-state index in [1.54, 1.807) is 0 Å². The maximum atomic E-state index is 12.2. The molecule has 1 fully saturated rings. The third-order valence-electron chi connectivity index (χ3n) is 4.29. The van der Waals surface area contributed by atoms with Gasteiger partial charge >= 0.3 is 0 Å². The summed E-state index contributed by atoms with van der Waals surface area (Å²) in [5.41, 5.74) is 7.33. The van der Waals surface area contributed by atoms with Crippen molar-refractivity contribution in [3.05, 3.63) is 35.4 Å².